The summed E-state index contributed by atoms with van der Waals surface area (Å²) >= 11 is 0. The first kappa shape index (κ1) is 27.0. The molecular formula is C29H31F3N4O3. The smallest absolute Gasteiger partial charge is 0.419 e. The van der Waals surface area contributed by atoms with Gasteiger partial charge < -0.3 is 24.4 Å². The minimum absolute atomic E-state index is 0.0157. The summed E-state index contributed by atoms with van der Waals surface area (Å²) in [6, 6.07) is 9.68. The van der Waals surface area contributed by atoms with Crippen molar-refractivity contribution in [2.24, 2.45) is 0 Å². The van der Waals surface area contributed by atoms with E-state index in [0.717, 1.165) is 64.4 Å². The molecule has 2 aliphatic rings. The van der Waals surface area contributed by atoms with Crippen LogP contribution in [0.4, 0.5) is 24.7 Å². The number of nitrogens with one attached hydrogen (secondary N) is 1. The normalized spacial score (nSPS) is 18.1. The number of aromatic nitrogens is 2. The fraction of sp³-hybridized carbons (Fsp3) is 0.379. The molecule has 0 amide bonds. The van der Waals surface area contributed by atoms with Gasteiger partial charge in [-0.05, 0) is 61.6 Å². The predicted molar refractivity (Wildman–Crippen MR) is 144 cm³/mol. The second-order valence-electron chi connectivity index (χ2n) is 9.51. The predicted octanol–water partition coefficient (Wildman–Crippen LogP) is 6.36. The molecular weight excluding hydrogens is 509 g/mol. The van der Waals surface area contributed by atoms with Crippen molar-refractivity contribution in [3.05, 3.63) is 71.9 Å². The molecule has 0 radical (unpaired) electrons. The van der Waals surface area contributed by atoms with Crippen LogP contribution in [0.3, 0.4) is 0 Å². The van der Waals surface area contributed by atoms with E-state index in [1.165, 1.54) is 6.20 Å². The number of aryl methyl sites for hydroxylation is 1. The van der Waals surface area contributed by atoms with Crippen molar-refractivity contribution in [2.45, 2.75) is 38.7 Å². The molecule has 0 aliphatic carbocycles. The number of anilines is 2. The van der Waals surface area contributed by atoms with Crippen LogP contribution in [-0.2, 0) is 14.2 Å². The second-order valence-corrected chi connectivity index (χ2v) is 9.51. The summed E-state index contributed by atoms with van der Waals surface area (Å²) in [6.45, 7) is 2.81. The number of alkyl halides is 3. The quantitative estimate of drug-likeness (QED) is 0.334. The molecule has 0 spiro atoms. The topological polar surface area (TPSA) is 68.7 Å². The van der Waals surface area contributed by atoms with Crippen LogP contribution >= 0.6 is 0 Å². The summed E-state index contributed by atoms with van der Waals surface area (Å²) in [6.07, 6.45) is 4.06. The summed E-state index contributed by atoms with van der Waals surface area (Å²) in [5.74, 6) is 0.499. The van der Waals surface area contributed by atoms with E-state index in [2.05, 4.69) is 15.3 Å². The molecule has 0 saturated carbocycles. The van der Waals surface area contributed by atoms with Gasteiger partial charge in [-0.25, -0.2) is 4.98 Å². The van der Waals surface area contributed by atoms with E-state index in [1.807, 2.05) is 37.3 Å². The number of hydrogen-bond donors (Lipinski definition) is 1. The molecule has 39 heavy (non-hydrogen) atoms. The summed E-state index contributed by atoms with van der Waals surface area (Å²) in [7, 11) is 1.80. The van der Waals surface area contributed by atoms with E-state index < -0.39 is 11.7 Å². The number of pyridine rings is 2. The highest BCUT2D eigenvalue weighted by molar-refractivity contribution is 5.85. The Morgan fingerprint density at radius 3 is 2.74 bits per heavy atom. The van der Waals surface area contributed by atoms with Gasteiger partial charge in [0.25, 0.3) is 0 Å². The number of nitrogens with zero attached hydrogens (tertiary/aromatic N) is 3. The molecule has 1 unspecified atom stereocenters. The number of allylic oxidation sites excluding steroid dienone is 1. The van der Waals surface area contributed by atoms with Crippen molar-refractivity contribution in [1.82, 2.24) is 9.97 Å². The van der Waals surface area contributed by atoms with Crippen molar-refractivity contribution in [3.8, 4) is 11.1 Å². The Labute approximate surface area is 225 Å². The molecule has 206 valence electrons. The van der Waals surface area contributed by atoms with Crippen LogP contribution < -0.4 is 10.2 Å². The lowest BCUT2D eigenvalue weighted by Crippen LogP contribution is -2.28. The van der Waals surface area contributed by atoms with Crippen LogP contribution in [0.25, 0.3) is 22.0 Å². The molecule has 1 atom stereocenters. The highest BCUT2D eigenvalue weighted by Gasteiger charge is 2.39. The van der Waals surface area contributed by atoms with Crippen LogP contribution in [0.2, 0.25) is 0 Å². The molecule has 10 heteroatoms. The van der Waals surface area contributed by atoms with Gasteiger partial charge in [-0.2, -0.15) is 13.2 Å². The summed E-state index contributed by atoms with van der Waals surface area (Å²) in [4.78, 5) is 10.7. The Balaban J connectivity index is 1.36. The second kappa shape index (κ2) is 11.6. The third kappa shape index (κ3) is 6.34. The van der Waals surface area contributed by atoms with E-state index in [9.17, 15) is 13.2 Å². The van der Waals surface area contributed by atoms with E-state index in [4.69, 9.17) is 14.2 Å². The van der Waals surface area contributed by atoms with Crippen LogP contribution in [0.1, 0.15) is 24.8 Å². The minimum atomic E-state index is -4.53. The zero-order chi connectivity index (χ0) is 27.4. The van der Waals surface area contributed by atoms with Gasteiger partial charge in [0.1, 0.15) is 18.2 Å². The average Bonchev–Trinajstić information content (AvgIpc) is 2.95. The minimum Gasteiger partial charge on any atom is -0.489 e. The largest absolute Gasteiger partial charge is 0.489 e. The molecule has 1 N–H and O–H groups in total. The Morgan fingerprint density at radius 1 is 1.10 bits per heavy atom. The van der Waals surface area contributed by atoms with Gasteiger partial charge in [0.05, 0.1) is 17.7 Å². The zero-order valence-electron chi connectivity index (χ0n) is 21.9. The standard InChI is InChI=1S/C29H31F3N4O3/c1-19-6-7-22(14-23(19)20-13-21-17-35-27(33-2)15-25(21)34-16-20)36-9-8-24(29(30,31)32)26(18-36)37-11-12-39-28-5-3-4-10-38-28/h6-8,13-18,28H,3-5,9-12H2,1-2H3,(H,33,35). The molecule has 2 aliphatic heterocycles. The third-order valence-electron chi connectivity index (χ3n) is 6.80. The fourth-order valence-electron chi connectivity index (χ4n) is 4.68. The van der Waals surface area contributed by atoms with Gasteiger partial charge in [0.15, 0.2) is 6.29 Å². The van der Waals surface area contributed by atoms with Crippen LogP contribution in [0, 0.1) is 6.92 Å². The van der Waals surface area contributed by atoms with Gasteiger partial charge in [-0.3, -0.25) is 4.98 Å². The van der Waals surface area contributed by atoms with Gasteiger partial charge in [0, 0.05) is 61.5 Å². The number of benzene rings is 1. The Bertz CT molecular complexity index is 1380. The van der Waals surface area contributed by atoms with E-state index in [1.54, 1.807) is 24.3 Å². The average molecular weight is 541 g/mol. The van der Waals surface area contributed by atoms with E-state index in [-0.39, 0.29) is 31.8 Å². The van der Waals surface area contributed by atoms with Crippen LogP contribution in [0.15, 0.2) is 66.3 Å². The first-order valence-corrected chi connectivity index (χ1v) is 13.0. The zero-order valence-corrected chi connectivity index (χ0v) is 21.9. The Morgan fingerprint density at radius 2 is 1.97 bits per heavy atom. The van der Waals surface area contributed by atoms with Crippen molar-refractivity contribution in [1.29, 1.82) is 0 Å². The van der Waals surface area contributed by atoms with Gasteiger partial charge in [-0.1, -0.05) is 6.07 Å². The molecule has 2 aromatic heterocycles. The number of rotatable bonds is 8. The monoisotopic (exact) mass is 540 g/mol. The van der Waals surface area contributed by atoms with Gasteiger partial charge in [0.2, 0.25) is 0 Å². The lowest BCUT2D eigenvalue weighted by Gasteiger charge is -2.28. The highest BCUT2D eigenvalue weighted by Crippen LogP contribution is 2.36. The van der Waals surface area contributed by atoms with Crippen LogP contribution in [0.5, 0.6) is 0 Å². The molecule has 1 aromatic carbocycles. The SMILES string of the molecule is CNc1cc2ncc(-c3cc(N4C=C(OCCOC5CCCCO5)C(C(F)(F)F)=CC4)ccc3C)cc2cn1. The summed E-state index contributed by atoms with van der Waals surface area (Å²) in [5.41, 5.74) is 3.62. The lowest BCUT2D eigenvalue weighted by molar-refractivity contribution is -0.167. The van der Waals surface area contributed by atoms with Crippen molar-refractivity contribution in [2.75, 3.05) is 43.6 Å². The Hall–Kier alpha value is -3.63. The molecule has 1 fully saturated rings. The first-order chi connectivity index (χ1) is 18.8. The summed E-state index contributed by atoms with van der Waals surface area (Å²) in [5, 5.41) is 3.90. The molecule has 3 aromatic rings. The van der Waals surface area contributed by atoms with Gasteiger partial charge >= 0.3 is 6.18 Å². The maximum Gasteiger partial charge on any atom is 0.419 e. The molecule has 4 heterocycles. The van der Waals surface area contributed by atoms with Crippen molar-refractivity contribution < 1.29 is 27.4 Å². The first-order valence-electron chi connectivity index (χ1n) is 13.0. The molecule has 0 bridgehead atoms. The van der Waals surface area contributed by atoms with E-state index >= 15 is 0 Å². The third-order valence-corrected chi connectivity index (χ3v) is 6.80. The maximum absolute atomic E-state index is 13.8. The maximum atomic E-state index is 13.8. The molecule has 7 nitrogen and oxygen atoms in total. The number of ether oxygens (including phenoxy) is 3. The van der Waals surface area contributed by atoms with Crippen LogP contribution in [-0.4, -0.2) is 55.8 Å². The molecule has 5 rings (SSSR count). The van der Waals surface area contributed by atoms with Crippen molar-refractivity contribution >= 4 is 22.4 Å². The number of hydrogen-bond acceptors (Lipinski definition) is 7. The fourth-order valence-corrected chi connectivity index (χ4v) is 4.68. The molecule has 1 saturated heterocycles. The number of halogens is 3. The lowest BCUT2D eigenvalue weighted by atomic mass is 9.99. The van der Waals surface area contributed by atoms with Crippen molar-refractivity contribution in [3.63, 3.8) is 0 Å². The van der Waals surface area contributed by atoms with E-state index in [0.29, 0.717) is 6.61 Å². The Kier molecular flexibility index (Phi) is 8.04. The number of fused-ring (bicyclic) bond motifs is 1. The highest BCUT2D eigenvalue weighted by atomic mass is 19.4. The summed E-state index contributed by atoms with van der Waals surface area (Å²) < 4.78 is 58.0. The van der Waals surface area contributed by atoms with Gasteiger partial charge in [-0.15, -0.1) is 0 Å².